The van der Waals surface area contributed by atoms with Crippen LogP contribution in [0.3, 0.4) is 0 Å². The molecule has 0 saturated carbocycles. The summed E-state index contributed by atoms with van der Waals surface area (Å²) in [7, 11) is 0. The van der Waals surface area contributed by atoms with Crippen molar-refractivity contribution < 1.29 is 0 Å². The Morgan fingerprint density at radius 2 is 1.93 bits per heavy atom. The molecule has 0 aliphatic carbocycles. The van der Waals surface area contributed by atoms with Crippen LogP contribution in [0.4, 0.5) is 0 Å². The molecule has 0 atom stereocenters. The molecular weight excluding hydrogens is 378 g/mol. The fourth-order valence-electron chi connectivity index (χ4n) is 3.14. The van der Waals surface area contributed by atoms with Gasteiger partial charge in [0, 0.05) is 34.0 Å². The predicted molar refractivity (Wildman–Crippen MR) is 113 cm³/mol. The van der Waals surface area contributed by atoms with Crippen molar-refractivity contribution in [1.29, 1.82) is 0 Å². The third kappa shape index (κ3) is 3.33. The topological polar surface area (TPSA) is 47.8 Å². The molecule has 2 heterocycles. The van der Waals surface area contributed by atoms with E-state index >= 15 is 0 Å². The SMILES string of the molecule is CC(C)n1c(SCc2c(Cl)ccc3cccnc23)nc2ccccc2c1=O. The molecule has 4 nitrogen and oxygen atoms in total. The van der Waals surface area contributed by atoms with E-state index in [0.717, 1.165) is 16.5 Å². The largest absolute Gasteiger partial charge is 0.285 e. The van der Waals surface area contributed by atoms with Crippen LogP contribution in [0.25, 0.3) is 21.8 Å². The van der Waals surface area contributed by atoms with Gasteiger partial charge in [0.2, 0.25) is 0 Å². The number of hydrogen-bond donors (Lipinski definition) is 0. The summed E-state index contributed by atoms with van der Waals surface area (Å²) in [5.74, 6) is 0.588. The number of pyridine rings is 1. The van der Waals surface area contributed by atoms with Gasteiger partial charge in [-0.15, -0.1) is 0 Å². The van der Waals surface area contributed by atoms with Gasteiger partial charge < -0.3 is 0 Å². The van der Waals surface area contributed by atoms with Gasteiger partial charge in [0.25, 0.3) is 5.56 Å². The first-order valence-corrected chi connectivity index (χ1v) is 10.1. The molecule has 136 valence electrons. The fourth-order valence-corrected chi connectivity index (χ4v) is 4.60. The van der Waals surface area contributed by atoms with E-state index in [2.05, 4.69) is 4.98 Å². The predicted octanol–water partition coefficient (Wildman–Crippen LogP) is 5.47. The van der Waals surface area contributed by atoms with Crippen LogP contribution >= 0.6 is 23.4 Å². The Hall–Kier alpha value is -2.37. The molecule has 0 aliphatic rings. The van der Waals surface area contributed by atoms with Crippen LogP contribution in [-0.2, 0) is 5.75 Å². The van der Waals surface area contributed by atoms with Gasteiger partial charge in [0.15, 0.2) is 5.16 Å². The molecule has 0 fully saturated rings. The molecule has 4 aromatic rings. The van der Waals surface area contributed by atoms with Gasteiger partial charge in [0.05, 0.1) is 16.4 Å². The number of rotatable bonds is 4. The molecule has 0 radical (unpaired) electrons. The monoisotopic (exact) mass is 395 g/mol. The number of nitrogens with zero attached hydrogens (tertiary/aromatic N) is 3. The third-order valence-corrected chi connectivity index (χ3v) is 5.79. The molecule has 2 aromatic heterocycles. The van der Waals surface area contributed by atoms with Crippen LogP contribution < -0.4 is 5.56 Å². The van der Waals surface area contributed by atoms with Gasteiger partial charge >= 0.3 is 0 Å². The maximum Gasteiger partial charge on any atom is 0.262 e. The van der Waals surface area contributed by atoms with E-state index in [1.165, 1.54) is 11.8 Å². The highest BCUT2D eigenvalue weighted by Gasteiger charge is 2.15. The second-order valence-electron chi connectivity index (χ2n) is 6.57. The molecule has 0 aliphatic heterocycles. The Kier molecular flexibility index (Phi) is 4.89. The van der Waals surface area contributed by atoms with Gasteiger partial charge in [-0.2, -0.15) is 0 Å². The summed E-state index contributed by atoms with van der Waals surface area (Å²) in [6.07, 6.45) is 1.77. The Labute approximate surface area is 166 Å². The second-order valence-corrected chi connectivity index (χ2v) is 7.92. The minimum Gasteiger partial charge on any atom is -0.285 e. The summed E-state index contributed by atoms with van der Waals surface area (Å²) in [4.78, 5) is 22.2. The van der Waals surface area contributed by atoms with Crippen LogP contribution in [0.1, 0.15) is 25.5 Å². The zero-order valence-electron chi connectivity index (χ0n) is 15.0. The van der Waals surface area contributed by atoms with Crippen LogP contribution in [0.5, 0.6) is 0 Å². The second kappa shape index (κ2) is 7.33. The third-order valence-electron chi connectivity index (χ3n) is 4.46. The smallest absolute Gasteiger partial charge is 0.262 e. The highest BCUT2D eigenvalue weighted by Crippen LogP contribution is 2.31. The molecule has 0 bridgehead atoms. The lowest BCUT2D eigenvalue weighted by Crippen LogP contribution is -2.25. The summed E-state index contributed by atoms with van der Waals surface area (Å²) in [5, 5.41) is 3.05. The Morgan fingerprint density at radius 3 is 2.74 bits per heavy atom. The molecule has 0 spiro atoms. The molecule has 4 rings (SSSR count). The molecular formula is C21H18ClN3OS. The summed E-state index contributed by atoms with van der Waals surface area (Å²) >= 11 is 7.97. The van der Waals surface area contributed by atoms with Crippen molar-refractivity contribution in [2.24, 2.45) is 0 Å². The molecule has 2 aromatic carbocycles. The lowest BCUT2D eigenvalue weighted by Gasteiger charge is -2.16. The van der Waals surface area contributed by atoms with Crippen molar-refractivity contribution in [2.75, 3.05) is 0 Å². The van der Waals surface area contributed by atoms with Gasteiger partial charge in [0.1, 0.15) is 0 Å². The maximum absolute atomic E-state index is 13.0. The van der Waals surface area contributed by atoms with Crippen molar-refractivity contribution in [3.05, 3.63) is 75.7 Å². The van der Waals surface area contributed by atoms with Gasteiger partial charge in [-0.3, -0.25) is 14.3 Å². The standard InChI is InChI=1S/C21H18ClN3OS/c1-13(2)25-20(26)15-7-3-4-8-18(15)24-21(25)27-12-16-17(22)10-9-14-6-5-11-23-19(14)16/h3-11,13H,12H2,1-2H3. The van der Waals surface area contributed by atoms with E-state index in [0.29, 0.717) is 26.8 Å². The molecule has 0 N–H and O–H groups in total. The van der Waals surface area contributed by atoms with Crippen molar-refractivity contribution in [2.45, 2.75) is 30.8 Å². The highest BCUT2D eigenvalue weighted by atomic mass is 35.5. The Morgan fingerprint density at radius 1 is 1.11 bits per heavy atom. The summed E-state index contributed by atoms with van der Waals surface area (Å²) in [6, 6.07) is 15.3. The zero-order chi connectivity index (χ0) is 19.0. The van der Waals surface area contributed by atoms with E-state index in [4.69, 9.17) is 16.6 Å². The molecule has 0 saturated heterocycles. The average Bonchev–Trinajstić information content (AvgIpc) is 2.67. The minimum atomic E-state index is -0.0137. The van der Waals surface area contributed by atoms with Crippen molar-refractivity contribution in [3.8, 4) is 0 Å². The van der Waals surface area contributed by atoms with Crippen LogP contribution in [-0.4, -0.2) is 14.5 Å². The molecule has 0 amide bonds. The van der Waals surface area contributed by atoms with Gasteiger partial charge in [-0.1, -0.05) is 47.6 Å². The van der Waals surface area contributed by atoms with Gasteiger partial charge in [-0.25, -0.2) is 4.98 Å². The number of aromatic nitrogens is 3. The van der Waals surface area contributed by atoms with Gasteiger partial charge in [-0.05, 0) is 38.1 Å². The quantitative estimate of drug-likeness (QED) is 0.339. The van der Waals surface area contributed by atoms with Crippen molar-refractivity contribution in [1.82, 2.24) is 14.5 Å². The van der Waals surface area contributed by atoms with Crippen molar-refractivity contribution >= 4 is 45.2 Å². The first kappa shape index (κ1) is 18.0. The lowest BCUT2D eigenvalue weighted by molar-refractivity contribution is 0.519. The van der Waals surface area contributed by atoms with E-state index in [1.54, 1.807) is 10.8 Å². The molecule has 6 heteroatoms. The summed E-state index contributed by atoms with van der Waals surface area (Å²) in [5.41, 5.74) is 2.54. The normalized spacial score (nSPS) is 11.6. The van der Waals surface area contributed by atoms with E-state index in [-0.39, 0.29) is 11.6 Å². The number of thioether (sulfide) groups is 1. The number of hydrogen-bond acceptors (Lipinski definition) is 4. The average molecular weight is 396 g/mol. The fraction of sp³-hybridized carbons (Fsp3) is 0.190. The van der Waals surface area contributed by atoms with E-state index < -0.39 is 0 Å². The number of halogens is 1. The summed E-state index contributed by atoms with van der Waals surface area (Å²) < 4.78 is 1.75. The van der Waals surface area contributed by atoms with Crippen LogP contribution in [0.2, 0.25) is 5.02 Å². The van der Waals surface area contributed by atoms with Crippen molar-refractivity contribution in [3.63, 3.8) is 0 Å². The molecule has 27 heavy (non-hydrogen) atoms. The minimum absolute atomic E-state index is 0.0122. The van der Waals surface area contributed by atoms with Crippen LogP contribution in [0.15, 0.2) is 64.7 Å². The Bertz CT molecular complexity index is 1200. The summed E-state index contributed by atoms with van der Waals surface area (Å²) in [6.45, 7) is 3.99. The van der Waals surface area contributed by atoms with Crippen LogP contribution in [0, 0.1) is 0 Å². The highest BCUT2D eigenvalue weighted by molar-refractivity contribution is 7.98. The molecule has 0 unspecified atom stereocenters. The van der Waals surface area contributed by atoms with E-state index in [9.17, 15) is 4.79 Å². The van der Waals surface area contributed by atoms with E-state index in [1.807, 2.05) is 62.4 Å². The first-order chi connectivity index (χ1) is 13.1. The number of para-hydroxylation sites is 1. The zero-order valence-corrected chi connectivity index (χ0v) is 16.6. The first-order valence-electron chi connectivity index (χ1n) is 8.72. The lowest BCUT2D eigenvalue weighted by atomic mass is 10.1. The number of fused-ring (bicyclic) bond motifs is 2. The maximum atomic E-state index is 13.0. The Balaban J connectivity index is 1.80. The number of benzene rings is 2.